The van der Waals surface area contributed by atoms with E-state index in [1.165, 1.54) is 5.56 Å². The quantitative estimate of drug-likeness (QED) is 0.674. The molecule has 0 spiro atoms. The minimum Gasteiger partial charge on any atom is -0.361 e. The van der Waals surface area contributed by atoms with Crippen molar-refractivity contribution in [1.29, 1.82) is 0 Å². The van der Waals surface area contributed by atoms with Crippen LogP contribution in [0.2, 0.25) is 0 Å². The molecule has 0 radical (unpaired) electrons. The molecule has 0 amide bonds. The molecule has 2 atom stereocenters. The fourth-order valence-electron chi connectivity index (χ4n) is 4.84. The number of hydrogen-bond donors (Lipinski definition) is 0. The van der Waals surface area contributed by atoms with Crippen molar-refractivity contribution in [2.75, 3.05) is 31.1 Å². The maximum absolute atomic E-state index is 5.33. The molecule has 0 saturated carbocycles. The molecular formula is C21H27N7O. The molecule has 2 fully saturated rings. The summed E-state index contributed by atoms with van der Waals surface area (Å²) in [5, 5.41) is 8.65. The van der Waals surface area contributed by atoms with Gasteiger partial charge in [0.05, 0.1) is 11.4 Å². The molecule has 3 aromatic rings. The minimum absolute atomic E-state index is 0.669. The molecule has 152 valence electrons. The Hall–Kier alpha value is -2.74. The van der Waals surface area contributed by atoms with Crippen LogP contribution < -0.4 is 4.90 Å². The third-order valence-electron chi connectivity index (χ3n) is 6.31. The van der Waals surface area contributed by atoms with E-state index in [2.05, 4.69) is 49.1 Å². The van der Waals surface area contributed by atoms with Gasteiger partial charge in [0.1, 0.15) is 17.9 Å². The fourth-order valence-corrected chi connectivity index (χ4v) is 4.84. The maximum Gasteiger partial charge on any atom is 0.159 e. The Kier molecular flexibility index (Phi) is 4.38. The molecule has 2 aliphatic heterocycles. The Morgan fingerprint density at radius 3 is 2.31 bits per heavy atom. The van der Waals surface area contributed by atoms with Gasteiger partial charge in [0.2, 0.25) is 0 Å². The molecule has 3 aromatic heterocycles. The molecule has 0 N–H and O–H groups in total. The van der Waals surface area contributed by atoms with Gasteiger partial charge in [-0.3, -0.25) is 4.90 Å². The second kappa shape index (κ2) is 6.95. The Labute approximate surface area is 170 Å². The molecule has 5 rings (SSSR count). The number of hydrogen-bond acceptors (Lipinski definition) is 7. The first-order chi connectivity index (χ1) is 14.0. The summed E-state index contributed by atoms with van der Waals surface area (Å²) >= 11 is 0. The van der Waals surface area contributed by atoms with E-state index in [4.69, 9.17) is 4.52 Å². The van der Waals surface area contributed by atoms with Gasteiger partial charge in [-0.1, -0.05) is 5.16 Å². The number of nitrogens with zero attached hydrogens (tertiary/aromatic N) is 7. The highest BCUT2D eigenvalue weighted by molar-refractivity contribution is 5.45. The Balaban J connectivity index is 1.27. The second-order valence-electron chi connectivity index (χ2n) is 8.50. The van der Waals surface area contributed by atoms with Crippen molar-refractivity contribution < 1.29 is 4.52 Å². The average Bonchev–Trinajstić information content (AvgIpc) is 3.42. The van der Waals surface area contributed by atoms with E-state index in [0.717, 1.165) is 67.2 Å². The molecule has 8 heteroatoms. The molecule has 2 aliphatic rings. The predicted octanol–water partition coefficient (Wildman–Crippen LogP) is 2.45. The van der Waals surface area contributed by atoms with E-state index in [1.807, 2.05) is 25.5 Å². The first kappa shape index (κ1) is 18.3. The zero-order chi connectivity index (χ0) is 20.1. The van der Waals surface area contributed by atoms with E-state index in [-0.39, 0.29) is 0 Å². The lowest BCUT2D eigenvalue weighted by atomic mass is 10.0. The van der Waals surface area contributed by atoms with Gasteiger partial charge in [0, 0.05) is 50.0 Å². The zero-order valence-corrected chi connectivity index (χ0v) is 17.5. The van der Waals surface area contributed by atoms with Gasteiger partial charge >= 0.3 is 0 Å². The minimum atomic E-state index is 0.669. The lowest BCUT2D eigenvalue weighted by Gasteiger charge is -2.22. The van der Waals surface area contributed by atoms with Gasteiger partial charge in [-0.25, -0.2) is 14.6 Å². The highest BCUT2D eigenvalue weighted by Crippen LogP contribution is 2.34. The zero-order valence-electron chi connectivity index (χ0n) is 17.5. The number of anilines is 1. The van der Waals surface area contributed by atoms with Crippen LogP contribution in [0.15, 0.2) is 23.0 Å². The second-order valence-corrected chi connectivity index (χ2v) is 8.50. The number of aromatic nitrogens is 5. The van der Waals surface area contributed by atoms with Crippen LogP contribution in [0.25, 0.3) is 5.82 Å². The van der Waals surface area contributed by atoms with Crippen molar-refractivity contribution in [2.24, 2.45) is 11.8 Å². The molecule has 29 heavy (non-hydrogen) atoms. The van der Waals surface area contributed by atoms with Crippen LogP contribution in [0.5, 0.6) is 0 Å². The van der Waals surface area contributed by atoms with Gasteiger partial charge in [0.25, 0.3) is 0 Å². The highest BCUT2D eigenvalue weighted by Gasteiger charge is 2.40. The summed E-state index contributed by atoms with van der Waals surface area (Å²) in [6.45, 7) is 13.3. The molecule has 2 unspecified atom stereocenters. The van der Waals surface area contributed by atoms with Crippen LogP contribution in [0.1, 0.15) is 28.4 Å². The SMILES string of the molecule is Cc1cc(C)n(-c2cc(N3CC4CN(Cc5c(C)noc5C)CC4C3)ncn2)n1. The first-order valence-corrected chi connectivity index (χ1v) is 10.2. The Morgan fingerprint density at radius 1 is 0.966 bits per heavy atom. The summed E-state index contributed by atoms with van der Waals surface area (Å²) in [4.78, 5) is 13.9. The van der Waals surface area contributed by atoms with E-state index in [1.54, 1.807) is 6.33 Å². The van der Waals surface area contributed by atoms with Crippen molar-refractivity contribution >= 4 is 5.82 Å². The topological polar surface area (TPSA) is 76.1 Å². The van der Waals surface area contributed by atoms with Crippen molar-refractivity contribution in [3.63, 3.8) is 0 Å². The summed E-state index contributed by atoms with van der Waals surface area (Å²) in [7, 11) is 0. The van der Waals surface area contributed by atoms with Gasteiger partial charge < -0.3 is 9.42 Å². The lowest BCUT2D eigenvalue weighted by Crippen LogP contribution is -2.29. The third-order valence-corrected chi connectivity index (χ3v) is 6.31. The monoisotopic (exact) mass is 393 g/mol. The van der Waals surface area contributed by atoms with Gasteiger partial charge in [-0.15, -0.1) is 0 Å². The summed E-state index contributed by atoms with van der Waals surface area (Å²) in [5.41, 5.74) is 4.34. The number of likely N-dealkylation sites (tertiary alicyclic amines) is 1. The summed E-state index contributed by atoms with van der Waals surface area (Å²) in [6, 6.07) is 4.12. The van der Waals surface area contributed by atoms with Crippen molar-refractivity contribution in [2.45, 2.75) is 34.2 Å². The van der Waals surface area contributed by atoms with Crippen LogP contribution in [0.3, 0.4) is 0 Å². The average molecular weight is 393 g/mol. The molecule has 0 aromatic carbocycles. The van der Waals surface area contributed by atoms with Gasteiger partial charge in [-0.2, -0.15) is 5.10 Å². The van der Waals surface area contributed by atoms with E-state index < -0.39 is 0 Å². The lowest BCUT2D eigenvalue weighted by molar-refractivity contribution is 0.305. The molecule has 5 heterocycles. The molecule has 0 bridgehead atoms. The van der Waals surface area contributed by atoms with E-state index >= 15 is 0 Å². The van der Waals surface area contributed by atoms with E-state index in [0.29, 0.717) is 11.8 Å². The Morgan fingerprint density at radius 2 is 1.69 bits per heavy atom. The van der Waals surface area contributed by atoms with E-state index in [9.17, 15) is 0 Å². The number of rotatable bonds is 4. The smallest absolute Gasteiger partial charge is 0.159 e. The maximum atomic E-state index is 5.33. The van der Waals surface area contributed by atoms with Crippen LogP contribution in [-0.2, 0) is 6.54 Å². The highest BCUT2D eigenvalue weighted by atomic mass is 16.5. The van der Waals surface area contributed by atoms with Crippen molar-refractivity contribution in [3.8, 4) is 5.82 Å². The molecule has 0 aliphatic carbocycles. The number of fused-ring (bicyclic) bond motifs is 1. The summed E-state index contributed by atoms with van der Waals surface area (Å²) in [5.74, 6) is 4.11. The van der Waals surface area contributed by atoms with Crippen LogP contribution in [0, 0.1) is 39.5 Å². The van der Waals surface area contributed by atoms with Crippen LogP contribution in [-0.4, -0.2) is 56.0 Å². The van der Waals surface area contributed by atoms with Crippen LogP contribution >= 0.6 is 0 Å². The molecular weight excluding hydrogens is 366 g/mol. The van der Waals surface area contributed by atoms with Crippen LogP contribution in [0.4, 0.5) is 5.82 Å². The van der Waals surface area contributed by atoms with Crippen molar-refractivity contribution in [3.05, 3.63) is 46.9 Å². The van der Waals surface area contributed by atoms with Gasteiger partial charge in [-0.05, 0) is 45.6 Å². The van der Waals surface area contributed by atoms with Gasteiger partial charge in [0.15, 0.2) is 5.82 Å². The first-order valence-electron chi connectivity index (χ1n) is 10.2. The largest absolute Gasteiger partial charge is 0.361 e. The molecule has 8 nitrogen and oxygen atoms in total. The normalized spacial score (nSPS) is 21.9. The van der Waals surface area contributed by atoms with Crippen molar-refractivity contribution in [1.82, 2.24) is 29.8 Å². The molecule has 2 saturated heterocycles. The third kappa shape index (κ3) is 3.31. The number of aryl methyl sites for hydroxylation is 4. The summed E-state index contributed by atoms with van der Waals surface area (Å²) < 4.78 is 7.22. The predicted molar refractivity (Wildman–Crippen MR) is 109 cm³/mol. The standard InChI is InChI=1S/C21H27N7O/c1-13-5-14(2)28(24-13)21-6-20(22-12-23-21)27-9-17-7-26(8-18(17)10-27)11-19-15(3)25-29-16(19)4/h5-6,12,17-18H,7-11H2,1-4H3. The summed E-state index contributed by atoms with van der Waals surface area (Å²) in [6.07, 6.45) is 1.65. The fraction of sp³-hybridized carbons (Fsp3) is 0.524. The Bertz CT molecular complexity index is 1010.